The fraction of sp³-hybridized carbons (Fsp3) is 0.174. The Balaban J connectivity index is 1.85. The summed E-state index contributed by atoms with van der Waals surface area (Å²) in [5.41, 5.74) is 13.2. The van der Waals surface area contributed by atoms with E-state index in [0.29, 0.717) is 34.2 Å². The molecule has 9 nitrogen and oxygen atoms in total. The van der Waals surface area contributed by atoms with Crippen LogP contribution in [-0.4, -0.2) is 36.2 Å². The van der Waals surface area contributed by atoms with Crippen molar-refractivity contribution in [2.75, 3.05) is 29.1 Å². The van der Waals surface area contributed by atoms with Gasteiger partial charge >= 0.3 is 0 Å². The Kier molecular flexibility index (Phi) is 6.64. The molecule has 0 bridgehead atoms. The Hall–Kier alpha value is -3.70. The summed E-state index contributed by atoms with van der Waals surface area (Å²) in [4.78, 5) is 12.9. The molecule has 2 aromatic carbocycles. The second-order valence-corrected chi connectivity index (χ2v) is 9.94. The van der Waals surface area contributed by atoms with Gasteiger partial charge in [-0.3, -0.25) is 4.72 Å². The van der Waals surface area contributed by atoms with Crippen LogP contribution in [0.4, 0.5) is 21.7 Å². The van der Waals surface area contributed by atoms with Crippen LogP contribution in [0.1, 0.15) is 13.3 Å². The number of nitrogens with zero attached hydrogens (tertiary/aromatic N) is 3. The smallest absolute Gasteiger partial charge is 0.232 e. The minimum absolute atomic E-state index is 0.120. The molecule has 0 amide bonds. The standard InChI is InChI=1S/C23H22ClFN6O3S/c1-3-7-35(32,33)31-17-6-4-5-14(19(17)25)12-8-15-20(18(10-12)34-2)29-23(30-21(15)26)13-9-16(24)22(27)28-11-13/h4-6,8-11,31H,3,7H2,1-2H3,(H2,27,28)(H2,26,29,30). The quantitative estimate of drug-likeness (QED) is 0.326. The molecule has 0 saturated heterocycles. The zero-order valence-electron chi connectivity index (χ0n) is 18.8. The first-order chi connectivity index (χ1) is 16.6. The molecule has 0 radical (unpaired) electrons. The van der Waals surface area contributed by atoms with Crippen LogP contribution >= 0.6 is 11.6 Å². The topological polar surface area (TPSA) is 146 Å². The van der Waals surface area contributed by atoms with Crippen LogP contribution in [0, 0.1) is 5.82 Å². The van der Waals surface area contributed by atoms with E-state index in [1.165, 1.54) is 25.4 Å². The zero-order valence-corrected chi connectivity index (χ0v) is 20.4. The molecule has 35 heavy (non-hydrogen) atoms. The van der Waals surface area contributed by atoms with Crippen LogP contribution in [0.3, 0.4) is 0 Å². The Bertz CT molecular complexity index is 1550. The highest BCUT2D eigenvalue weighted by molar-refractivity contribution is 7.92. The van der Waals surface area contributed by atoms with Crippen molar-refractivity contribution in [3.63, 3.8) is 0 Å². The number of nitrogens with two attached hydrogens (primary N) is 2. The molecule has 0 atom stereocenters. The Labute approximate surface area is 206 Å². The number of rotatable bonds is 7. The van der Waals surface area contributed by atoms with Gasteiger partial charge in [-0.05, 0) is 36.2 Å². The van der Waals surface area contributed by atoms with Crippen molar-refractivity contribution in [2.45, 2.75) is 13.3 Å². The molecule has 2 aromatic heterocycles. The van der Waals surface area contributed by atoms with Gasteiger partial charge < -0.3 is 16.2 Å². The number of ether oxygens (including phenoxy) is 1. The van der Waals surface area contributed by atoms with Crippen molar-refractivity contribution in [1.82, 2.24) is 15.0 Å². The van der Waals surface area contributed by atoms with E-state index >= 15 is 4.39 Å². The van der Waals surface area contributed by atoms with Crippen molar-refractivity contribution in [3.8, 4) is 28.3 Å². The maximum atomic E-state index is 15.4. The van der Waals surface area contributed by atoms with Gasteiger partial charge in [0, 0.05) is 22.7 Å². The first kappa shape index (κ1) is 24.4. The first-order valence-corrected chi connectivity index (χ1v) is 12.5. The molecule has 12 heteroatoms. The monoisotopic (exact) mass is 516 g/mol. The average molecular weight is 517 g/mol. The second kappa shape index (κ2) is 9.51. The SMILES string of the molecule is CCCS(=O)(=O)Nc1cccc(-c2cc(OC)c3nc(-c4cnc(N)c(Cl)c4)nc(N)c3c2)c1F. The molecule has 0 aliphatic carbocycles. The summed E-state index contributed by atoms with van der Waals surface area (Å²) < 4.78 is 47.5. The van der Waals surface area contributed by atoms with Crippen LogP contribution in [0.15, 0.2) is 42.6 Å². The van der Waals surface area contributed by atoms with Crippen molar-refractivity contribution >= 4 is 49.9 Å². The van der Waals surface area contributed by atoms with Crippen LogP contribution in [0.5, 0.6) is 5.75 Å². The predicted molar refractivity (Wildman–Crippen MR) is 136 cm³/mol. The number of anilines is 3. The van der Waals surface area contributed by atoms with Gasteiger partial charge in [0.1, 0.15) is 22.9 Å². The molecular formula is C23H22ClFN6O3S. The van der Waals surface area contributed by atoms with E-state index in [1.54, 1.807) is 31.2 Å². The van der Waals surface area contributed by atoms with Gasteiger partial charge in [-0.2, -0.15) is 0 Å². The lowest BCUT2D eigenvalue weighted by molar-refractivity contribution is 0.419. The number of methoxy groups -OCH3 is 1. The number of fused-ring (bicyclic) bond motifs is 1. The van der Waals surface area contributed by atoms with E-state index in [1.807, 2.05) is 0 Å². The van der Waals surface area contributed by atoms with Gasteiger partial charge in [0.2, 0.25) is 10.0 Å². The first-order valence-electron chi connectivity index (χ1n) is 10.5. The minimum atomic E-state index is -3.67. The molecule has 2 heterocycles. The summed E-state index contributed by atoms with van der Waals surface area (Å²) in [6.07, 6.45) is 1.88. The number of halogens is 2. The summed E-state index contributed by atoms with van der Waals surface area (Å²) in [6, 6.07) is 9.23. The Morgan fingerprint density at radius 1 is 1.11 bits per heavy atom. The third-order valence-electron chi connectivity index (χ3n) is 5.19. The predicted octanol–water partition coefficient (Wildman–Crippen LogP) is 4.48. The summed E-state index contributed by atoms with van der Waals surface area (Å²) >= 11 is 6.08. The van der Waals surface area contributed by atoms with E-state index < -0.39 is 15.8 Å². The fourth-order valence-corrected chi connectivity index (χ4v) is 4.85. The number of pyridine rings is 1. The number of nitrogens with one attached hydrogen (secondary N) is 1. The molecule has 0 aliphatic rings. The number of sulfonamides is 1. The maximum absolute atomic E-state index is 15.4. The van der Waals surface area contributed by atoms with E-state index in [2.05, 4.69) is 19.7 Å². The average Bonchev–Trinajstić information content (AvgIpc) is 2.81. The van der Waals surface area contributed by atoms with Gasteiger partial charge in [0.05, 0.1) is 23.6 Å². The molecule has 5 N–H and O–H groups in total. The zero-order chi connectivity index (χ0) is 25.3. The summed E-state index contributed by atoms with van der Waals surface area (Å²) in [5.74, 6) is 0.0247. The number of hydrogen-bond donors (Lipinski definition) is 3. The highest BCUT2D eigenvalue weighted by Crippen LogP contribution is 2.37. The van der Waals surface area contributed by atoms with Gasteiger partial charge in [-0.25, -0.2) is 27.8 Å². The van der Waals surface area contributed by atoms with E-state index in [4.69, 9.17) is 27.8 Å². The molecule has 182 valence electrons. The van der Waals surface area contributed by atoms with Gasteiger partial charge in [-0.15, -0.1) is 0 Å². The van der Waals surface area contributed by atoms with Crippen molar-refractivity contribution in [1.29, 1.82) is 0 Å². The summed E-state index contributed by atoms with van der Waals surface area (Å²) in [7, 11) is -2.23. The lowest BCUT2D eigenvalue weighted by atomic mass is 10.0. The van der Waals surface area contributed by atoms with Crippen LogP contribution < -0.4 is 20.9 Å². The molecular weight excluding hydrogens is 495 g/mol. The van der Waals surface area contributed by atoms with Gasteiger partial charge in [0.25, 0.3) is 0 Å². The van der Waals surface area contributed by atoms with E-state index in [-0.39, 0.29) is 39.5 Å². The Morgan fingerprint density at radius 3 is 2.57 bits per heavy atom. The normalized spacial score (nSPS) is 11.5. The van der Waals surface area contributed by atoms with Crippen LogP contribution in [0.2, 0.25) is 5.02 Å². The maximum Gasteiger partial charge on any atom is 0.232 e. The molecule has 4 aromatic rings. The van der Waals surface area contributed by atoms with Gasteiger partial charge in [0.15, 0.2) is 11.6 Å². The van der Waals surface area contributed by atoms with Gasteiger partial charge in [-0.1, -0.05) is 30.7 Å². The second-order valence-electron chi connectivity index (χ2n) is 7.69. The third-order valence-corrected chi connectivity index (χ3v) is 6.97. The minimum Gasteiger partial charge on any atom is -0.494 e. The van der Waals surface area contributed by atoms with E-state index in [9.17, 15) is 8.42 Å². The van der Waals surface area contributed by atoms with Crippen LogP contribution in [-0.2, 0) is 10.0 Å². The molecule has 0 unspecified atom stereocenters. The highest BCUT2D eigenvalue weighted by atomic mass is 35.5. The summed E-state index contributed by atoms with van der Waals surface area (Å²) in [6.45, 7) is 1.73. The molecule has 0 spiro atoms. The van der Waals surface area contributed by atoms with Crippen molar-refractivity contribution < 1.29 is 17.5 Å². The summed E-state index contributed by atoms with van der Waals surface area (Å²) in [5, 5.41) is 0.672. The molecule has 0 aliphatic heterocycles. The highest BCUT2D eigenvalue weighted by Gasteiger charge is 2.19. The largest absolute Gasteiger partial charge is 0.494 e. The fourth-order valence-electron chi connectivity index (χ4n) is 3.56. The van der Waals surface area contributed by atoms with Crippen molar-refractivity contribution in [2.24, 2.45) is 0 Å². The lowest BCUT2D eigenvalue weighted by Crippen LogP contribution is -2.17. The van der Waals surface area contributed by atoms with Crippen molar-refractivity contribution in [3.05, 3.63) is 53.4 Å². The lowest BCUT2D eigenvalue weighted by Gasteiger charge is -2.14. The molecule has 0 saturated carbocycles. The number of hydrogen-bond acceptors (Lipinski definition) is 8. The van der Waals surface area contributed by atoms with E-state index in [0.717, 1.165) is 0 Å². The molecule has 0 fully saturated rings. The molecule has 4 rings (SSSR count). The number of aromatic nitrogens is 3. The van der Waals surface area contributed by atoms with Crippen LogP contribution in [0.25, 0.3) is 33.4 Å². The number of benzene rings is 2. The Morgan fingerprint density at radius 2 is 1.89 bits per heavy atom. The number of nitrogen functional groups attached to an aromatic ring is 2. The third kappa shape index (κ3) is 4.91.